The highest BCUT2D eigenvalue weighted by Crippen LogP contribution is 2.35. The predicted octanol–water partition coefficient (Wildman–Crippen LogP) is 2.50. The van der Waals surface area contributed by atoms with Gasteiger partial charge in [0.25, 0.3) is 5.91 Å². The van der Waals surface area contributed by atoms with E-state index in [4.69, 9.17) is 28.9 Å². The summed E-state index contributed by atoms with van der Waals surface area (Å²) in [6, 6.07) is 8.24. The van der Waals surface area contributed by atoms with Crippen molar-refractivity contribution in [1.29, 1.82) is 0 Å². The van der Waals surface area contributed by atoms with Gasteiger partial charge < -0.3 is 34.5 Å². The normalized spacial score (nSPS) is 15.7. The average molecular weight is 580 g/mol. The third kappa shape index (κ3) is 7.16. The summed E-state index contributed by atoms with van der Waals surface area (Å²) in [5, 5.41) is 8.92. The number of fused-ring (bicyclic) bond motifs is 1. The minimum absolute atomic E-state index is 0.241. The Balaban J connectivity index is 1.43. The number of aryl methyl sites for hydroxylation is 1. The Morgan fingerprint density at radius 3 is 2.38 bits per heavy atom. The second-order valence-electron chi connectivity index (χ2n) is 10.0. The zero-order valence-electron chi connectivity index (χ0n) is 24.2. The van der Waals surface area contributed by atoms with Gasteiger partial charge in [-0.05, 0) is 36.8 Å². The monoisotopic (exact) mass is 579 g/mol. The first-order chi connectivity index (χ1) is 20.4. The molecule has 3 heterocycles. The van der Waals surface area contributed by atoms with Crippen molar-refractivity contribution in [1.82, 2.24) is 20.2 Å². The van der Waals surface area contributed by atoms with Crippen molar-refractivity contribution < 1.29 is 28.5 Å². The minimum atomic E-state index is -0.512. The molecule has 13 heteroatoms. The number of ether oxygens (including phenoxy) is 4. The first-order valence-electron chi connectivity index (χ1n) is 14.0. The molecule has 224 valence electrons. The highest BCUT2D eigenvalue weighted by molar-refractivity contribution is 6.06. The van der Waals surface area contributed by atoms with Gasteiger partial charge in [0.1, 0.15) is 12.4 Å². The largest absolute Gasteiger partial charge is 0.493 e. The van der Waals surface area contributed by atoms with E-state index in [1.165, 1.54) is 0 Å². The lowest BCUT2D eigenvalue weighted by Gasteiger charge is -2.27. The summed E-state index contributed by atoms with van der Waals surface area (Å²) in [5.41, 5.74) is 2.35. The summed E-state index contributed by atoms with van der Waals surface area (Å²) in [4.78, 5) is 39.2. The van der Waals surface area contributed by atoms with Crippen molar-refractivity contribution in [3.8, 4) is 11.5 Å². The molecule has 2 aromatic carbocycles. The van der Waals surface area contributed by atoms with E-state index in [-0.39, 0.29) is 5.91 Å². The van der Waals surface area contributed by atoms with Gasteiger partial charge in [0, 0.05) is 62.5 Å². The second kappa shape index (κ2) is 13.6. The average Bonchev–Trinajstić information content (AvgIpc) is 3.01. The quantitative estimate of drug-likeness (QED) is 0.347. The second-order valence-corrected chi connectivity index (χ2v) is 10.0. The summed E-state index contributed by atoms with van der Waals surface area (Å²) in [5.74, 6) is 1.61. The number of hydrogen-bond acceptors (Lipinski definition) is 10. The topological polar surface area (TPSA) is 139 Å². The molecule has 3 amide bonds. The van der Waals surface area contributed by atoms with Crippen LogP contribution in [-0.2, 0) is 9.47 Å². The molecule has 2 saturated heterocycles. The number of hydrogen-bond donors (Lipinski definition) is 3. The van der Waals surface area contributed by atoms with Gasteiger partial charge in [0.15, 0.2) is 11.5 Å². The third-order valence-electron chi connectivity index (χ3n) is 7.09. The van der Waals surface area contributed by atoms with Crippen LogP contribution in [0, 0.1) is 6.92 Å². The Kier molecular flexibility index (Phi) is 9.52. The van der Waals surface area contributed by atoms with Crippen LogP contribution in [0.1, 0.15) is 15.9 Å². The molecule has 3 N–H and O–H groups in total. The molecule has 2 aliphatic heterocycles. The molecule has 42 heavy (non-hydrogen) atoms. The predicted molar refractivity (Wildman–Crippen MR) is 159 cm³/mol. The lowest BCUT2D eigenvalue weighted by Crippen LogP contribution is -2.38. The molecule has 0 radical (unpaired) electrons. The van der Waals surface area contributed by atoms with E-state index >= 15 is 0 Å². The number of aromatic nitrogens is 2. The number of carbonyl (C=O) groups excluding carboxylic acids is 2. The molecule has 3 aromatic rings. The van der Waals surface area contributed by atoms with Crippen molar-refractivity contribution in [2.75, 3.05) is 95.4 Å². The van der Waals surface area contributed by atoms with E-state index in [2.05, 4.69) is 20.9 Å². The summed E-state index contributed by atoms with van der Waals surface area (Å²) in [6.07, 6.45) is 0. The van der Waals surface area contributed by atoms with Gasteiger partial charge >= 0.3 is 6.03 Å². The lowest BCUT2D eigenvalue weighted by atomic mass is 10.1. The molecular formula is C29H37N7O6. The molecule has 5 rings (SSSR count). The van der Waals surface area contributed by atoms with Gasteiger partial charge in [-0.1, -0.05) is 0 Å². The number of morpholine rings is 2. The summed E-state index contributed by atoms with van der Waals surface area (Å²) >= 11 is 0. The van der Waals surface area contributed by atoms with E-state index in [1.54, 1.807) is 44.5 Å². The first-order valence-corrected chi connectivity index (χ1v) is 14.0. The Morgan fingerprint density at radius 2 is 1.67 bits per heavy atom. The molecule has 1 aromatic heterocycles. The number of carbonyl (C=O) groups is 2. The molecule has 0 unspecified atom stereocenters. The minimum Gasteiger partial charge on any atom is -0.493 e. The fraction of sp³-hybridized carbons (Fsp3) is 0.448. The maximum absolute atomic E-state index is 13.2. The van der Waals surface area contributed by atoms with E-state index in [0.717, 1.165) is 38.4 Å². The van der Waals surface area contributed by atoms with Crippen LogP contribution in [0.5, 0.6) is 11.5 Å². The molecule has 0 aliphatic carbocycles. The number of nitrogens with zero attached hydrogens (tertiary/aromatic N) is 4. The van der Waals surface area contributed by atoms with Crippen LogP contribution in [0.15, 0.2) is 30.3 Å². The van der Waals surface area contributed by atoms with Crippen LogP contribution in [0.25, 0.3) is 10.9 Å². The highest BCUT2D eigenvalue weighted by atomic mass is 16.5. The maximum Gasteiger partial charge on any atom is 0.324 e. The molecule has 0 saturated carbocycles. The number of anilines is 3. The van der Waals surface area contributed by atoms with Crippen LogP contribution in [0.2, 0.25) is 0 Å². The van der Waals surface area contributed by atoms with Gasteiger partial charge in [0.05, 0.1) is 39.1 Å². The van der Waals surface area contributed by atoms with Crippen LogP contribution in [-0.4, -0.2) is 107 Å². The number of rotatable bonds is 9. The van der Waals surface area contributed by atoms with E-state index < -0.39 is 6.03 Å². The van der Waals surface area contributed by atoms with E-state index in [9.17, 15) is 9.59 Å². The number of benzene rings is 2. The van der Waals surface area contributed by atoms with Crippen molar-refractivity contribution >= 4 is 40.3 Å². The van der Waals surface area contributed by atoms with Crippen LogP contribution in [0.3, 0.4) is 0 Å². The zero-order chi connectivity index (χ0) is 29.5. The molecule has 0 spiro atoms. The molecule has 2 fully saturated rings. The maximum atomic E-state index is 13.2. The van der Waals surface area contributed by atoms with Crippen molar-refractivity contribution in [2.24, 2.45) is 0 Å². The Morgan fingerprint density at radius 1 is 0.929 bits per heavy atom. The zero-order valence-corrected chi connectivity index (χ0v) is 24.2. The Bertz CT molecular complexity index is 1420. The fourth-order valence-electron chi connectivity index (χ4n) is 4.91. The SMILES string of the molecule is CNC(=O)c1cc(C)cc(NC(=O)Nc2nc(N3CCOCC3)nc3cc(OC)c(OCCN4CCOCC4)cc23)c1. The smallest absolute Gasteiger partial charge is 0.324 e. The van der Waals surface area contributed by atoms with E-state index in [1.807, 2.05) is 11.8 Å². The van der Waals surface area contributed by atoms with Gasteiger partial charge in [-0.15, -0.1) is 0 Å². The summed E-state index contributed by atoms with van der Waals surface area (Å²) in [7, 11) is 3.15. The molecule has 13 nitrogen and oxygen atoms in total. The molecule has 0 atom stereocenters. The van der Waals surface area contributed by atoms with Crippen LogP contribution >= 0.6 is 0 Å². The number of methoxy groups -OCH3 is 1. The fourth-order valence-corrected chi connectivity index (χ4v) is 4.91. The lowest BCUT2D eigenvalue weighted by molar-refractivity contribution is 0.0321. The Labute approximate surface area is 244 Å². The summed E-state index contributed by atoms with van der Waals surface area (Å²) in [6.45, 7) is 8.61. The molecule has 0 bridgehead atoms. The third-order valence-corrected chi connectivity index (χ3v) is 7.09. The van der Waals surface area contributed by atoms with Crippen molar-refractivity contribution in [3.05, 3.63) is 41.5 Å². The highest BCUT2D eigenvalue weighted by Gasteiger charge is 2.21. The van der Waals surface area contributed by atoms with Gasteiger partial charge in [-0.25, -0.2) is 9.78 Å². The van der Waals surface area contributed by atoms with E-state index in [0.29, 0.717) is 78.3 Å². The first kappa shape index (κ1) is 29.3. The number of amides is 3. The van der Waals surface area contributed by atoms with Crippen molar-refractivity contribution in [2.45, 2.75) is 6.92 Å². The number of urea groups is 1. The summed E-state index contributed by atoms with van der Waals surface area (Å²) < 4.78 is 22.7. The Hall–Kier alpha value is -4.20. The molecule has 2 aliphatic rings. The molecular weight excluding hydrogens is 542 g/mol. The van der Waals surface area contributed by atoms with Crippen LogP contribution in [0.4, 0.5) is 22.2 Å². The number of nitrogens with one attached hydrogen (secondary N) is 3. The van der Waals surface area contributed by atoms with Crippen molar-refractivity contribution in [3.63, 3.8) is 0 Å². The van der Waals surface area contributed by atoms with Gasteiger partial charge in [-0.2, -0.15) is 4.98 Å². The van der Waals surface area contributed by atoms with Crippen LogP contribution < -0.4 is 30.3 Å². The standard InChI is InChI=1S/C29H37N7O6/c1-19-14-20(27(37)30-2)16-21(15-19)31-29(38)34-26-22-17-25(42-13-6-35-4-9-40-10-5-35)24(39-3)18-23(22)32-28(33-26)36-7-11-41-12-8-36/h14-18H,4-13H2,1-3H3,(H,30,37)(H2,31,32,33,34,38). The van der Waals surface area contributed by atoms with Gasteiger partial charge in [0.2, 0.25) is 5.95 Å². The van der Waals surface area contributed by atoms with Gasteiger partial charge in [-0.3, -0.25) is 15.0 Å².